The van der Waals surface area contributed by atoms with Crippen LogP contribution in [0.3, 0.4) is 0 Å². The lowest BCUT2D eigenvalue weighted by Crippen LogP contribution is -2.53. The van der Waals surface area contributed by atoms with Crippen LogP contribution >= 0.6 is 0 Å². The lowest BCUT2D eigenvalue weighted by atomic mass is 9.92. The van der Waals surface area contributed by atoms with E-state index in [1.54, 1.807) is 6.92 Å². The van der Waals surface area contributed by atoms with E-state index in [1.165, 1.54) is 0 Å². The van der Waals surface area contributed by atoms with Crippen LogP contribution in [-0.4, -0.2) is 55.7 Å². The minimum Gasteiger partial charge on any atom is -0.379 e. The van der Waals surface area contributed by atoms with Crippen molar-refractivity contribution >= 4 is 5.91 Å². The van der Waals surface area contributed by atoms with Crippen molar-refractivity contribution in [2.75, 3.05) is 32.8 Å². The second-order valence-corrected chi connectivity index (χ2v) is 5.33. The van der Waals surface area contributed by atoms with Crippen LogP contribution in [0, 0.1) is 5.92 Å². The number of ether oxygens (including phenoxy) is 1. The van der Waals surface area contributed by atoms with Crippen LogP contribution in [0.1, 0.15) is 33.6 Å². The molecule has 0 bridgehead atoms. The third-order valence-electron chi connectivity index (χ3n) is 4.01. The summed E-state index contributed by atoms with van der Waals surface area (Å²) in [5, 5.41) is 2.98. The molecule has 19 heavy (non-hydrogen) atoms. The number of rotatable bonds is 7. The average Bonchev–Trinajstić information content (AvgIpc) is 2.43. The summed E-state index contributed by atoms with van der Waals surface area (Å²) in [6, 6.07) is -0.0476. The number of hydrogen-bond acceptors (Lipinski definition) is 4. The van der Waals surface area contributed by atoms with Crippen LogP contribution in [0.25, 0.3) is 0 Å². The van der Waals surface area contributed by atoms with Crippen molar-refractivity contribution in [3.8, 4) is 0 Å². The van der Waals surface area contributed by atoms with Crippen molar-refractivity contribution in [1.82, 2.24) is 10.2 Å². The van der Waals surface area contributed by atoms with Crippen LogP contribution in [0.15, 0.2) is 0 Å². The molecule has 1 aliphatic heterocycles. The molecule has 1 saturated heterocycles. The Labute approximate surface area is 116 Å². The highest BCUT2D eigenvalue weighted by Crippen LogP contribution is 2.19. The third-order valence-corrected chi connectivity index (χ3v) is 4.01. The summed E-state index contributed by atoms with van der Waals surface area (Å²) in [4.78, 5) is 14.1. The van der Waals surface area contributed by atoms with Gasteiger partial charge in [0.15, 0.2) is 0 Å². The van der Waals surface area contributed by atoms with Gasteiger partial charge in [-0.25, -0.2) is 0 Å². The van der Waals surface area contributed by atoms with E-state index in [-0.39, 0.29) is 5.91 Å². The smallest absolute Gasteiger partial charge is 0.236 e. The molecule has 112 valence electrons. The van der Waals surface area contributed by atoms with Gasteiger partial charge in [0.25, 0.3) is 0 Å². The van der Waals surface area contributed by atoms with E-state index < -0.39 is 6.04 Å². The van der Waals surface area contributed by atoms with Gasteiger partial charge in [-0.3, -0.25) is 9.69 Å². The van der Waals surface area contributed by atoms with Crippen LogP contribution in [0.4, 0.5) is 0 Å². The Balaban J connectivity index is 2.60. The van der Waals surface area contributed by atoms with Crippen LogP contribution in [0.2, 0.25) is 0 Å². The van der Waals surface area contributed by atoms with E-state index in [4.69, 9.17) is 10.5 Å². The van der Waals surface area contributed by atoms with Gasteiger partial charge in [-0.05, 0) is 12.8 Å². The predicted molar refractivity (Wildman–Crippen MR) is 76.9 cm³/mol. The zero-order valence-electron chi connectivity index (χ0n) is 12.5. The summed E-state index contributed by atoms with van der Waals surface area (Å²) < 4.78 is 5.41. The molecule has 1 rings (SSSR count). The molecule has 2 unspecified atom stereocenters. The summed E-state index contributed by atoms with van der Waals surface area (Å²) in [5.41, 5.74) is 5.60. The minimum atomic E-state index is -0.438. The zero-order chi connectivity index (χ0) is 14.3. The molecule has 0 spiro atoms. The number of hydrogen-bond donors (Lipinski definition) is 2. The van der Waals surface area contributed by atoms with Crippen molar-refractivity contribution in [3.63, 3.8) is 0 Å². The number of nitrogens with one attached hydrogen (secondary N) is 1. The summed E-state index contributed by atoms with van der Waals surface area (Å²) >= 11 is 0. The van der Waals surface area contributed by atoms with Gasteiger partial charge in [0.2, 0.25) is 5.91 Å². The van der Waals surface area contributed by atoms with Gasteiger partial charge in [0, 0.05) is 25.7 Å². The van der Waals surface area contributed by atoms with Gasteiger partial charge in [0.05, 0.1) is 19.3 Å². The molecular weight excluding hydrogens is 242 g/mol. The van der Waals surface area contributed by atoms with Crippen molar-refractivity contribution in [2.45, 2.75) is 45.7 Å². The fraction of sp³-hybridized carbons (Fsp3) is 0.929. The van der Waals surface area contributed by atoms with Crippen molar-refractivity contribution in [2.24, 2.45) is 11.7 Å². The molecule has 5 heteroatoms. The summed E-state index contributed by atoms with van der Waals surface area (Å²) in [7, 11) is 0. The fourth-order valence-electron chi connectivity index (χ4n) is 2.70. The van der Waals surface area contributed by atoms with E-state index in [0.29, 0.717) is 18.5 Å². The standard InChI is InChI=1S/C14H29N3O2/c1-4-12(5-2)13(10-16-14(18)11(3)15)17-6-8-19-9-7-17/h11-13H,4-10,15H2,1-3H3,(H,16,18). The maximum atomic E-state index is 11.6. The van der Waals surface area contributed by atoms with E-state index in [2.05, 4.69) is 24.1 Å². The van der Waals surface area contributed by atoms with Gasteiger partial charge in [-0.1, -0.05) is 26.7 Å². The third kappa shape index (κ3) is 5.09. The first-order valence-electron chi connectivity index (χ1n) is 7.45. The Morgan fingerprint density at radius 1 is 1.32 bits per heavy atom. The van der Waals surface area contributed by atoms with Crippen molar-refractivity contribution in [1.29, 1.82) is 0 Å². The Kier molecular flexibility index (Phi) is 7.34. The number of amides is 1. The molecule has 1 fully saturated rings. The Morgan fingerprint density at radius 3 is 2.37 bits per heavy atom. The Morgan fingerprint density at radius 2 is 1.89 bits per heavy atom. The molecule has 0 aromatic carbocycles. The molecule has 5 nitrogen and oxygen atoms in total. The molecule has 0 aliphatic carbocycles. The van der Waals surface area contributed by atoms with Gasteiger partial charge >= 0.3 is 0 Å². The first kappa shape index (κ1) is 16.4. The number of carbonyl (C=O) groups is 1. The highest BCUT2D eigenvalue weighted by molar-refractivity contribution is 5.80. The first-order valence-corrected chi connectivity index (χ1v) is 7.45. The molecule has 0 saturated carbocycles. The van der Waals surface area contributed by atoms with Gasteiger partial charge in [-0.15, -0.1) is 0 Å². The topological polar surface area (TPSA) is 67.6 Å². The summed E-state index contributed by atoms with van der Waals surface area (Å²) in [6.07, 6.45) is 2.26. The van der Waals surface area contributed by atoms with Crippen LogP contribution < -0.4 is 11.1 Å². The lowest BCUT2D eigenvalue weighted by molar-refractivity contribution is -0.122. The minimum absolute atomic E-state index is 0.0655. The molecule has 2 atom stereocenters. The van der Waals surface area contributed by atoms with Crippen LogP contribution in [-0.2, 0) is 9.53 Å². The number of carbonyl (C=O) groups excluding carboxylic acids is 1. The summed E-state index contributed by atoms with van der Waals surface area (Å²) in [5.74, 6) is 0.538. The molecular formula is C14H29N3O2. The predicted octanol–water partition coefficient (Wildman–Crippen LogP) is 0.587. The quantitative estimate of drug-likeness (QED) is 0.711. The molecule has 1 heterocycles. The van der Waals surface area contributed by atoms with Crippen LogP contribution in [0.5, 0.6) is 0 Å². The molecule has 1 aliphatic rings. The molecule has 1 amide bonds. The second-order valence-electron chi connectivity index (χ2n) is 5.33. The lowest BCUT2D eigenvalue weighted by Gasteiger charge is -2.38. The fourth-order valence-corrected chi connectivity index (χ4v) is 2.70. The van der Waals surface area contributed by atoms with E-state index >= 15 is 0 Å². The Hall–Kier alpha value is -0.650. The maximum absolute atomic E-state index is 11.6. The normalized spacial score (nSPS) is 20.3. The second kappa shape index (κ2) is 8.51. The monoisotopic (exact) mass is 271 g/mol. The maximum Gasteiger partial charge on any atom is 0.236 e. The zero-order valence-corrected chi connectivity index (χ0v) is 12.5. The highest BCUT2D eigenvalue weighted by Gasteiger charge is 2.27. The largest absolute Gasteiger partial charge is 0.379 e. The number of nitrogens with two attached hydrogens (primary N) is 1. The number of nitrogens with zero attached hydrogens (tertiary/aromatic N) is 1. The SMILES string of the molecule is CCC(CC)C(CNC(=O)C(C)N)N1CCOCC1. The molecule has 0 radical (unpaired) electrons. The van der Waals surface area contributed by atoms with Crippen molar-refractivity contribution < 1.29 is 9.53 Å². The first-order chi connectivity index (χ1) is 9.10. The Bertz CT molecular complexity index is 261. The average molecular weight is 271 g/mol. The van der Waals surface area contributed by atoms with E-state index in [9.17, 15) is 4.79 Å². The van der Waals surface area contributed by atoms with E-state index in [1.807, 2.05) is 0 Å². The van der Waals surface area contributed by atoms with Crippen molar-refractivity contribution in [3.05, 3.63) is 0 Å². The highest BCUT2D eigenvalue weighted by atomic mass is 16.5. The van der Waals surface area contributed by atoms with Gasteiger partial charge in [-0.2, -0.15) is 0 Å². The summed E-state index contributed by atoms with van der Waals surface area (Å²) in [6.45, 7) is 10.3. The molecule has 0 aromatic heterocycles. The van der Waals surface area contributed by atoms with Gasteiger partial charge < -0.3 is 15.8 Å². The van der Waals surface area contributed by atoms with E-state index in [0.717, 1.165) is 39.1 Å². The van der Waals surface area contributed by atoms with Gasteiger partial charge in [0.1, 0.15) is 0 Å². The molecule has 3 N–H and O–H groups in total. The molecule has 0 aromatic rings. The number of morpholine rings is 1.